The zero-order valence-corrected chi connectivity index (χ0v) is 14.2. The van der Waals surface area contributed by atoms with Crippen LogP contribution in [-0.2, 0) is 5.41 Å². The Balaban J connectivity index is 1.55. The largest absolute Gasteiger partial charge is 0.298 e. The van der Waals surface area contributed by atoms with Crippen LogP contribution in [0.15, 0.2) is 42.5 Å². The lowest BCUT2D eigenvalue weighted by Crippen LogP contribution is -2.28. The van der Waals surface area contributed by atoms with E-state index in [1.165, 1.54) is 36.7 Å². The number of pyridine rings is 1. The lowest BCUT2D eigenvalue weighted by Gasteiger charge is -2.34. The SMILES string of the molecule is O=Cc1ccc(-c2nc3ccc(C4(C5CCC5)C=C4)nc3s2)c(F)c1. The van der Waals surface area contributed by atoms with Crippen LogP contribution in [0, 0.1) is 11.7 Å². The first kappa shape index (κ1) is 14.9. The molecule has 2 aromatic heterocycles. The van der Waals surface area contributed by atoms with Crippen molar-refractivity contribution in [1.82, 2.24) is 9.97 Å². The second-order valence-electron chi connectivity index (χ2n) is 6.79. The Morgan fingerprint density at radius 3 is 2.64 bits per heavy atom. The number of benzene rings is 1. The molecule has 3 nitrogen and oxygen atoms in total. The van der Waals surface area contributed by atoms with E-state index in [-0.39, 0.29) is 5.41 Å². The quantitative estimate of drug-likeness (QED) is 0.495. The molecule has 0 aliphatic heterocycles. The third-order valence-electron chi connectivity index (χ3n) is 5.37. The van der Waals surface area contributed by atoms with Crippen molar-refractivity contribution < 1.29 is 9.18 Å². The smallest absolute Gasteiger partial charge is 0.150 e. The van der Waals surface area contributed by atoms with Crippen molar-refractivity contribution >= 4 is 28.0 Å². The molecule has 2 aliphatic carbocycles. The number of fused-ring (bicyclic) bond motifs is 1. The van der Waals surface area contributed by atoms with Gasteiger partial charge in [-0.2, -0.15) is 0 Å². The van der Waals surface area contributed by atoms with E-state index < -0.39 is 5.82 Å². The van der Waals surface area contributed by atoms with Gasteiger partial charge in [0.15, 0.2) is 0 Å². The Labute approximate surface area is 148 Å². The molecule has 5 heteroatoms. The monoisotopic (exact) mass is 350 g/mol. The molecule has 1 aromatic carbocycles. The van der Waals surface area contributed by atoms with E-state index in [2.05, 4.69) is 23.2 Å². The van der Waals surface area contributed by atoms with Crippen molar-refractivity contribution in [1.29, 1.82) is 0 Å². The summed E-state index contributed by atoms with van der Waals surface area (Å²) >= 11 is 1.40. The Hall–Kier alpha value is -2.40. The average molecular weight is 350 g/mol. The van der Waals surface area contributed by atoms with Crippen LogP contribution in [0.1, 0.15) is 35.3 Å². The van der Waals surface area contributed by atoms with Crippen molar-refractivity contribution in [3.05, 3.63) is 59.6 Å². The maximum Gasteiger partial charge on any atom is 0.150 e. The van der Waals surface area contributed by atoms with Crippen LogP contribution in [0.2, 0.25) is 0 Å². The fraction of sp³-hybridized carbons (Fsp3) is 0.250. The van der Waals surface area contributed by atoms with Gasteiger partial charge in [-0.05, 0) is 43.0 Å². The highest BCUT2D eigenvalue weighted by atomic mass is 32.1. The number of thiazole rings is 1. The third kappa shape index (κ3) is 2.26. The Morgan fingerprint density at radius 2 is 2.00 bits per heavy atom. The minimum absolute atomic E-state index is 0.0491. The van der Waals surface area contributed by atoms with Crippen molar-refractivity contribution in [3.8, 4) is 10.6 Å². The van der Waals surface area contributed by atoms with E-state index in [0.717, 1.165) is 16.0 Å². The van der Waals surface area contributed by atoms with Gasteiger partial charge in [0.1, 0.15) is 27.5 Å². The molecular weight excluding hydrogens is 335 g/mol. The maximum atomic E-state index is 14.3. The van der Waals surface area contributed by atoms with Crippen molar-refractivity contribution in [2.45, 2.75) is 24.7 Å². The zero-order chi connectivity index (χ0) is 17.0. The molecule has 0 amide bonds. The summed E-state index contributed by atoms with van der Waals surface area (Å²) < 4.78 is 14.3. The van der Waals surface area contributed by atoms with Gasteiger partial charge in [0, 0.05) is 11.1 Å². The third-order valence-corrected chi connectivity index (χ3v) is 6.36. The predicted molar refractivity (Wildman–Crippen MR) is 96.4 cm³/mol. The number of halogens is 1. The summed E-state index contributed by atoms with van der Waals surface area (Å²) in [6.07, 6.45) is 8.97. The summed E-state index contributed by atoms with van der Waals surface area (Å²) in [4.78, 5) is 21.0. The predicted octanol–water partition coefficient (Wildman–Crippen LogP) is 4.92. The number of allylic oxidation sites excluding steroid dienone is 2. The molecule has 5 rings (SSSR count). The first-order valence-electron chi connectivity index (χ1n) is 8.43. The molecular formula is C20H15FN2OS. The first-order valence-corrected chi connectivity index (χ1v) is 9.25. The molecule has 0 radical (unpaired) electrons. The minimum Gasteiger partial charge on any atom is -0.298 e. The molecule has 1 saturated carbocycles. The van der Waals surface area contributed by atoms with Gasteiger partial charge in [0.05, 0.1) is 11.1 Å². The molecule has 0 unspecified atom stereocenters. The topological polar surface area (TPSA) is 42.9 Å². The van der Waals surface area contributed by atoms with Crippen LogP contribution in [-0.4, -0.2) is 16.3 Å². The van der Waals surface area contributed by atoms with E-state index in [1.54, 1.807) is 12.1 Å². The maximum absolute atomic E-state index is 14.3. The van der Waals surface area contributed by atoms with Gasteiger partial charge in [-0.25, -0.2) is 14.4 Å². The normalized spacial score (nSPS) is 18.3. The fourth-order valence-corrected chi connectivity index (χ4v) is 4.54. The molecule has 0 atom stereocenters. The van der Waals surface area contributed by atoms with E-state index in [4.69, 9.17) is 4.98 Å². The van der Waals surface area contributed by atoms with Gasteiger partial charge in [-0.1, -0.05) is 36.0 Å². The van der Waals surface area contributed by atoms with E-state index in [0.29, 0.717) is 28.3 Å². The highest BCUT2D eigenvalue weighted by molar-refractivity contribution is 7.21. The molecule has 0 N–H and O–H groups in total. The number of aldehydes is 1. The van der Waals surface area contributed by atoms with Gasteiger partial charge in [-0.15, -0.1) is 0 Å². The highest BCUT2D eigenvalue weighted by Crippen LogP contribution is 2.53. The van der Waals surface area contributed by atoms with Crippen LogP contribution in [0.5, 0.6) is 0 Å². The molecule has 3 aromatic rings. The number of rotatable bonds is 4. The summed E-state index contributed by atoms with van der Waals surface area (Å²) in [6.45, 7) is 0. The Kier molecular flexibility index (Phi) is 3.16. The zero-order valence-electron chi connectivity index (χ0n) is 13.4. The summed E-state index contributed by atoms with van der Waals surface area (Å²) in [5, 5.41) is 0.594. The van der Waals surface area contributed by atoms with Crippen molar-refractivity contribution in [3.63, 3.8) is 0 Å². The number of hydrogen-bond donors (Lipinski definition) is 0. The molecule has 0 saturated heterocycles. The first-order chi connectivity index (χ1) is 12.2. The van der Waals surface area contributed by atoms with Gasteiger partial charge < -0.3 is 0 Å². The highest BCUT2D eigenvalue weighted by Gasteiger charge is 2.47. The van der Waals surface area contributed by atoms with Crippen LogP contribution in [0.4, 0.5) is 4.39 Å². The number of carbonyl (C=O) groups is 1. The van der Waals surface area contributed by atoms with E-state index in [1.807, 2.05) is 6.07 Å². The summed E-state index contributed by atoms with van der Waals surface area (Å²) in [6, 6.07) is 8.49. The van der Waals surface area contributed by atoms with Crippen LogP contribution < -0.4 is 0 Å². The van der Waals surface area contributed by atoms with E-state index in [9.17, 15) is 9.18 Å². The summed E-state index contributed by atoms with van der Waals surface area (Å²) in [5.41, 5.74) is 2.65. The van der Waals surface area contributed by atoms with Gasteiger partial charge in [0.2, 0.25) is 0 Å². The number of nitrogens with zero attached hydrogens (tertiary/aromatic N) is 2. The number of carbonyl (C=O) groups excluding carboxylic acids is 1. The molecule has 2 heterocycles. The fourth-order valence-electron chi connectivity index (χ4n) is 3.58. The molecule has 0 spiro atoms. The lowest BCUT2D eigenvalue weighted by atomic mass is 9.70. The molecule has 1 fully saturated rings. The Morgan fingerprint density at radius 1 is 1.16 bits per heavy atom. The van der Waals surface area contributed by atoms with Crippen molar-refractivity contribution in [2.24, 2.45) is 5.92 Å². The second-order valence-corrected chi connectivity index (χ2v) is 7.77. The van der Waals surface area contributed by atoms with Gasteiger partial charge in [-0.3, -0.25) is 4.79 Å². The number of aromatic nitrogens is 2. The van der Waals surface area contributed by atoms with Crippen LogP contribution in [0.3, 0.4) is 0 Å². The summed E-state index contributed by atoms with van der Waals surface area (Å²) in [5.74, 6) is 0.247. The minimum atomic E-state index is -0.432. The number of hydrogen-bond acceptors (Lipinski definition) is 4. The van der Waals surface area contributed by atoms with Crippen molar-refractivity contribution in [2.75, 3.05) is 0 Å². The summed E-state index contributed by atoms with van der Waals surface area (Å²) in [7, 11) is 0. The lowest BCUT2D eigenvalue weighted by molar-refractivity contribution is 0.112. The molecule has 25 heavy (non-hydrogen) atoms. The molecule has 2 aliphatic rings. The molecule has 0 bridgehead atoms. The second kappa shape index (κ2) is 5.30. The van der Waals surface area contributed by atoms with Gasteiger partial charge >= 0.3 is 0 Å². The average Bonchev–Trinajstić information content (AvgIpc) is 3.24. The standard InChI is InChI=1S/C20H15FN2OS/c21-15-10-12(11-24)4-5-14(15)18-22-16-6-7-17(23-19(16)25-18)20(8-9-20)13-2-1-3-13/h4-11,13H,1-3H2. The van der Waals surface area contributed by atoms with E-state index >= 15 is 0 Å². The van der Waals surface area contributed by atoms with Crippen LogP contribution in [0.25, 0.3) is 20.9 Å². The van der Waals surface area contributed by atoms with Crippen LogP contribution >= 0.6 is 11.3 Å². The Bertz CT molecular complexity index is 1030. The molecule has 124 valence electrons. The van der Waals surface area contributed by atoms with Gasteiger partial charge in [0.25, 0.3) is 0 Å².